The molecule has 6 heteroatoms. The van der Waals surface area contributed by atoms with E-state index in [1.807, 2.05) is 6.92 Å². The fourth-order valence-corrected chi connectivity index (χ4v) is 3.07. The van der Waals surface area contributed by atoms with Crippen LogP contribution in [-0.2, 0) is 4.74 Å². The lowest BCUT2D eigenvalue weighted by molar-refractivity contribution is 0.0605. The number of ether oxygens (including phenoxy) is 1. The Labute approximate surface area is 125 Å². The van der Waals surface area contributed by atoms with Gasteiger partial charge in [-0.1, -0.05) is 25.2 Å². The summed E-state index contributed by atoms with van der Waals surface area (Å²) in [6, 6.07) is 0.320. The average Bonchev–Trinajstić information content (AvgIpc) is 2.67. The maximum absolute atomic E-state index is 11.6. The van der Waals surface area contributed by atoms with Crippen molar-refractivity contribution >= 4 is 22.4 Å². The van der Waals surface area contributed by atoms with Crippen molar-refractivity contribution in [2.45, 2.75) is 33.2 Å². The third kappa shape index (κ3) is 5.09. The van der Waals surface area contributed by atoms with Gasteiger partial charge in [-0.05, 0) is 33.4 Å². The number of aryl methyl sites for hydroxylation is 1. The summed E-state index contributed by atoms with van der Waals surface area (Å²) in [5, 5.41) is 4.23. The Morgan fingerprint density at radius 2 is 2.10 bits per heavy atom. The molecule has 114 valence electrons. The largest absolute Gasteiger partial charge is 0.465 e. The summed E-state index contributed by atoms with van der Waals surface area (Å²) in [7, 11) is 5.51. The molecule has 0 aliphatic heterocycles. The van der Waals surface area contributed by atoms with Gasteiger partial charge in [-0.3, -0.25) is 0 Å². The lowest BCUT2D eigenvalue weighted by atomic mass is 10.0. The molecule has 1 rings (SSSR count). The first-order valence-electron chi connectivity index (χ1n) is 6.80. The van der Waals surface area contributed by atoms with Crippen LogP contribution in [-0.4, -0.2) is 49.6 Å². The van der Waals surface area contributed by atoms with E-state index >= 15 is 0 Å². The van der Waals surface area contributed by atoms with Crippen molar-refractivity contribution in [2.75, 3.05) is 33.1 Å². The number of methoxy groups -OCH3 is 1. The number of thiazole rings is 1. The molecule has 1 heterocycles. The summed E-state index contributed by atoms with van der Waals surface area (Å²) in [6.45, 7) is 7.18. The topological polar surface area (TPSA) is 54.5 Å². The van der Waals surface area contributed by atoms with Gasteiger partial charge in [0.05, 0.1) is 12.8 Å². The van der Waals surface area contributed by atoms with Crippen LogP contribution in [0, 0.1) is 12.8 Å². The van der Waals surface area contributed by atoms with E-state index in [0.717, 1.165) is 23.8 Å². The van der Waals surface area contributed by atoms with Crippen LogP contribution in [0.25, 0.3) is 0 Å². The van der Waals surface area contributed by atoms with Crippen LogP contribution in [0.4, 0.5) is 5.13 Å². The molecule has 1 unspecified atom stereocenters. The maximum Gasteiger partial charge on any atom is 0.350 e. The molecule has 5 nitrogen and oxygen atoms in total. The van der Waals surface area contributed by atoms with Gasteiger partial charge in [0.2, 0.25) is 0 Å². The first-order valence-corrected chi connectivity index (χ1v) is 7.62. The predicted molar refractivity (Wildman–Crippen MR) is 83.6 cm³/mol. The van der Waals surface area contributed by atoms with Crippen LogP contribution in [0.5, 0.6) is 0 Å². The Morgan fingerprint density at radius 3 is 2.60 bits per heavy atom. The number of carbonyl (C=O) groups is 1. The third-order valence-corrected chi connectivity index (χ3v) is 3.91. The summed E-state index contributed by atoms with van der Waals surface area (Å²) < 4.78 is 4.76. The normalized spacial score (nSPS) is 12.8. The van der Waals surface area contributed by atoms with Gasteiger partial charge in [-0.2, -0.15) is 0 Å². The molecule has 0 saturated heterocycles. The molecule has 1 aromatic heterocycles. The third-order valence-electron chi connectivity index (χ3n) is 2.84. The summed E-state index contributed by atoms with van der Waals surface area (Å²) >= 11 is 1.36. The number of carbonyl (C=O) groups excluding carboxylic acids is 1. The first kappa shape index (κ1) is 16.9. The van der Waals surface area contributed by atoms with E-state index in [1.54, 1.807) is 0 Å². The van der Waals surface area contributed by atoms with Gasteiger partial charge in [-0.15, -0.1) is 0 Å². The molecule has 0 aliphatic carbocycles. The number of hydrogen-bond acceptors (Lipinski definition) is 6. The smallest absolute Gasteiger partial charge is 0.350 e. The molecule has 0 bridgehead atoms. The number of likely N-dealkylation sites (N-methyl/N-ethyl adjacent to an activating group) is 1. The van der Waals surface area contributed by atoms with Gasteiger partial charge in [0.25, 0.3) is 0 Å². The summed E-state index contributed by atoms with van der Waals surface area (Å²) in [5.74, 6) is 0.287. The van der Waals surface area contributed by atoms with E-state index in [9.17, 15) is 4.79 Å². The Bertz CT molecular complexity index is 434. The lowest BCUT2D eigenvalue weighted by Crippen LogP contribution is -2.33. The molecule has 0 saturated carbocycles. The number of esters is 1. The molecule has 0 aliphatic rings. The van der Waals surface area contributed by atoms with Crippen LogP contribution in [0.15, 0.2) is 0 Å². The first-order chi connectivity index (χ1) is 9.33. The minimum Gasteiger partial charge on any atom is -0.465 e. The summed E-state index contributed by atoms with van der Waals surface area (Å²) in [6.07, 6.45) is 1.06. The van der Waals surface area contributed by atoms with E-state index in [2.05, 4.69) is 43.1 Å². The van der Waals surface area contributed by atoms with Crippen LogP contribution in [0.2, 0.25) is 0 Å². The number of nitrogens with zero attached hydrogens (tertiary/aromatic N) is 2. The van der Waals surface area contributed by atoms with E-state index in [1.165, 1.54) is 18.4 Å². The molecule has 1 aromatic rings. The standard InChI is InChI=1S/C14H25N3O2S/c1-9(2)7-11(8-17(4)5)16-14-15-10(3)12(20-14)13(18)19-6/h9,11H,7-8H2,1-6H3,(H,15,16). The van der Waals surface area contributed by atoms with Crippen LogP contribution >= 0.6 is 11.3 Å². The highest BCUT2D eigenvalue weighted by molar-refractivity contribution is 7.17. The second-order valence-electron chi connectivity index (χ2n) is 5.66. The molecular formula is C14H25N3O2S. The number of hydrogen-bond donors (Lipinski definition) is 1. The number of aromatic nitrogens is 1. The van der Waals surface area contributed by atoms with Gasteiger partial charge >= 0.3 is 5.97 Å². The van der Waals surface area contributed by atoms with E-state index in [0.29, 0.717) is 16.8 Å². The van der Waals surface area contributed by atoms with Crippen LogP contribution in [0.3, 0.4) is 0 Å². The predicted octanol–water partition coefficient (Wildman–Crippen LogP) is 2.63. The van der Waals surface area contributed by atoms with Crippen molar-refractivity contribution < 1.29 is 9.53 Å². The van der Waals surface area contributed by atoms with Crippen LogP contribution in [0.1, 0.15) is 35.6 Å². The molecule has 0 amide bonds. The number of nitrogens with one attached hydrogen (secondary N) is 1. The second-order valence-corrected chi connectivity index (χ2v) is 6.66. The Kier molecular flexibility index (Phi) is 6.42. The van der Waals surface area contributed by atoms with Crippen molar-refractivity contribution in [3.05, 3.63) is 10.6 Å². The van der Waals surface area contributed by atoms with E-state index < -0.39 is 0 Å². The second kappa shape index (κ2) is 7.59. The highest BCUT2D eigenvalue weighted by Crippen LogP contribution is 2.24. The lowest BCUT2D eigenvalue weighted by Gasteiger charge is -2.23. The number of anilines is 1. The van der Waals surface area contributed by atoms with Gasteiger partial charge in [0, 0.05) is 12.6 Å². The zero-order valence-electron chi connectivity index (χ0n) is 13.2. The van der Waals surface area contributed by atoms with Crippen molar-refractivity contribution in [1.82, 2.24) is 9.88 Å². The van der Waals surface area contributed by atoms with E-state index in [-0.39, 0.29) is 5.97 Å². The number of rotatable bonds is 7. The van der Waals surface area contributed by atoms with Crippen molar-refractivity contribution in [3.8, 4) is 0 Å². The molecule has 1 N–H and O–H groups in total. The fourth-order valence-electron chi connectivity index (χ4n) is 2.10. The quantitative estimate of drug-likeness (QED) is 0.784. The fraction of sp³-hybridized carbons (Fsp3) is 0.714. The van der Waals surface area contributed by atoms with Crippen molar-refractivity contribution in [1.29, 1.82) is 0 Å². The maximum atomic E-state index is 11.6. The Balaban J connectivity index is 2.80. The van der Waals surface area contributed by atoms with Crippen molar-refractivity contribution in [2.24, 2.45) is 5.92 Å². The molecule has 0 fully saturated rings. The van der Waals surface area contributed by atoms with Gasteiger partial charge in [0.1, 0.15) is 4.88 Å². The van der Waals surface area contributed by atoms with Gasteiger partial charge < -0.3 is 15.0 Å². The average molecular weight is 299 g/mol. The zero-order chi connectivity index (χ0) is 15.3. The Hall–Kier alpha value is -1.14. The zero-order valence-corrected chi connectivity index (χ0v) is 14.0. The highest BCUT2D eigenvalue weighted by Gasteiger charge is 2.18. The summed E-state index contributed by atoms with van der Waals surface area (Å²) in [5.41, 5.74) is 0.720. The molecular weight excluding hydrogens is 274 g/mol. The van der Waals surface area contributed by atoms with Gasteiger partial charge in [0.15, 0.2) is 5.13 Å². The Morgan fingerprint density at radius 1 is 1.45 bits per heavy atom. The molecule has 0 radical (unpaired) electrons. The monoisotopic (exact) mass is 299 g/mol. The minimum atomic E-state index is -0.318. The molecule has 1 atom stereocenters. The van der Waals surface area contributed by atoms with Crippen molar-refractivity contribution in [3.63, 3.8) is 0 Å². The molecule has 20 heavy (non-hydrogen) atoms. The summed E-state index contributed by atoms with van der Waals surface area (Å²) in [4.78, 5) is 18.8. The van der Waals surface area contributed by atoms with Crippen LogP contribution < -0.4 is 5.32 Å². The SMILES string of the molecule is COC(=O)c1sc(NC(CC(C)C)CN(C)C)nc1C. The van der Waals surface area contributed by atoms with Gasteiger partial charge in [-0.25, -0.2) is 9.78 Å². The molecule has 0 aromatic carbocycles. The van der Waals surface area contributed by atoms with E-state index in [4.69, 9.17) is 4.74 Å². The molecule has 0 spiro atoms. The highest BCUT2D eigenvalue weighted by atomic mass is 32.1. The minimum absolute atomic E-state index is 0.318.